The highest BCUT2D eigenvalue weighted by atomic mass is 16.5. The summed E-state index contributed by atoms with van der Waals surface area (Å²) in [6, 6.07) is 0. The van der Waals surface area contributed by atoms with Gasteiger partial charge in [0, 0.05) is 30.6 Å². The van der Waals surface area contributed by atoms with Crippen LogP contribution in [0, 0.1) is 28.6 Å². The van der Waals surface area contributed by atoms with Gasteiger partial charge in [-0.05, 0) is 56.3 Å². The SMILES string of the molecule is CC(=O)O[C@@H]1CC[C@@]2(C=NO)C(=CC[C@H]3[C@H]2CC[C@]2(C)C(=O)CC[C@H]32)C1. The molecule has 4 aliphatic carbocycles. The molecule has 0 amide bonds. The number of fused-ring (bicyclic) bond motifs is 5. The van der Waals surface area contributed by atoms with Crippen LogP contribution in [0.4, 0.5) is 0 Å². The van der Waals surface area contributed by atoms with Crippen molar-refractivity contribution in [3.63, 3.8) is 0 Å². The van der Waals surface area contributed by atoms with Gasteiger partial charge in [0.25, 0.3) is 0 Å². The highest BCUT2D eigenvalue weighted by Crippen LogP contribution is 2.63. The van der Waals surface area contributed by atoms with Gasteiger partial charge < -0.3 is 9.94 Å². The second-order valence-corrected chi connectivity index (χ2v) is 9.02. The minimum Gasteiger partial charge on any atom is -0.462 e. The molecule has 0 spiro atoms. The molecule has 3 saturated carbocycles. The molecule has 0 aliphatic heterocycles. The Morgan fingerprint density at radius 2 is 2.12 bits per heavy atom. The van der Waals surface area contributed by atoms with Gasteiger partial charge in [-0.1, -0.05) is 18.6 Å². The van der Waals surface area contributed by atoms with Crippen molar-refractivity contribution in [2.45, 2.75) is 71.3 Å². The molecule has 0 aromatic carbocycles. The number of carbonyl (C=O) groups is 2. The minimum atomic E-state index is -0.235. The standard InChI is InChI=1S/C21H29NO4/c1-13(23)26-15-7-10-21(12-22-25)14(11-15)3-4-16-17-5-6-19(24)20(17,2)9-8-18(16)21/h3,12,15-18,25H,4-11H2,1-2H3/t15-,16-,17-,18-,20+,21-/m1/s1. The van der Waals surface area contributed by atoms with Gasteiger partial charge in [0.2, 0.25) is 0 Å². The van der Waals surface area contributed by atoms with Crippen LogP contribution in [0.3, 0.4) is 0 Å². The molecule has 5 nitrogen and oxygen atoms in total. The van der Waals surface area contributed by atoms with Crippen molar-refractivity contribution in [2.24, 2.45) is 33.7 Å². The molecule has 0 aromatic rings. The number of esters is 1. The molecular formula is C21H29NO4. The second kappa shape index (κ2) is 6.21. The lowest BCUT2D eigenvalue weighted by molar-refractivity contribution is -0.148. The van der Waals surface area contributed by atoms with Gasteiger partial charge in [-0.2, -0.15) is 0 Å². The smallest absolute Gasteiger partial charge is 0.302 e. The minimum absolute atomic E-state index is 0.0718. The zero-order chi connectivity index (χ0) is 18.5. The van der Waals surface area contributed by atoms with E-state index in [1.165, 1.54) is 12.5 Å². The third kappa shape index (κ3) is 2.46. The van der Waals surface area contributed by atoms with Crippen molar-refractivity contribution < 1.29 is 19.5 Å². The Labute approximate surface area is 154 Å². The Morgan fingerprint density at radius 3 is 2.85 bits per heavy atom. The quantitative estimate of drug-likeness (QED) is 0.267. The predicted octanol–water partition coefficient (Wildman–Crippen LogP) is 3.89. The normalized spacial score (nSPS) is 44.8. The maximum atomic E-state index is 12.5. The molecule has 4 rings (SSSR count). The third-order valence-electron chi connectivity index (χ3n) is 7.99. The lowest BCUT2D eigenvalue weighted by Crippen LogP contribution is -2.52. The molecule has 142 valence electrons. The topological polar surface area (TPSA) is 76.0 Å². The fourth-order valence-electron chi connectivity index (χ4n) is 6.78. The zero-order valence-electron chi connectivity index (χ0n) is 15.7. The highest BCUT2D eigenvalue weighted by molar-refractivity contribution is 5.87. The van der Waals surface area contributed by atoms with Crippen LogP contribution in [0.15, 0.2) is 16.8 Å². The van der Waals surface area contributed by atoms with E-state index in [-0.39, 0.29) is 22.9 Å². The Morgan fingerprint density at radius 1 is 1.31 bits per heavy atom. The van der Waals surface area contributed by atoms with Crippen LogP contribution in [0.2, 0.25) is 0 Å². The Balaban J connectivity index is 1.67. The molecular weight excluding hydrogens is 330 g/mol. The maximum absolute atomic E-state index is 12.5. The number of allylic oxidation sites excluding steroid dienone is 1. The highest BCUT2D eigenvalue weighted by Gasteiger charge is 2.59. The van der Waals surface area contributed by atoms with Crippen LogP contribution >= 0.6 is 0 Å². The van der Waals surface area contributed by atoms with Crippen molar-refractivity contribution in [1.29, 1.82) is 0 Å². The van der Waals surface area contributed by atoms with E-state index < -0.39 is 0 Å². The number of nitrogens with zero attached hydrogens (tertiary/aromatic N) is 1. The Hall–Kier alpha value is -1.65. The molecule has 0 saturated heterocycles. The Bertz CT molecular complexity index is 683. The van der Waals surface area contributed by atoms with Gasteiger partial charge in [-0.25, -0.2) is 0 Å². The van der Waals surface area contributed by atoms with E-state index in [1.807, 2.05) is 0 Å². The van der Waals surface area contributed by atoms with Gasteiger partial charge in [-0.15, -0.1) is 5.16 Å². The summed E-state index contributed by atoms with van der Waals surface area (Å²) in [6.07, 6.45) is 11.0. The van der Waals surface area contributed by atoms with Crippen molar-refractivity contribution >= 4 is 18.0 Å². The van der Waals surface area contributed by atoms with E-state index in [1.54, 1.807) is 6.21 Å². The first-order valence-corrected chi connectivity index (χ1v) is 9.99. The predicted molar refractivity (Wildman–Crippen MR) is 96.9 cm³/mol. The molecule has 0 heterocycles. The summed E-state index contributed by atoms with van der Waals surface area (Å²) in [4.78, 5) is 23.9. The number of hydrogen-bond donors (Lipinski definition) is 1. The molecule has 1 N–H and O–H groups in total. The van der Waals surface area contributed by atoms with Gasteiger partial charge in [0.15, 0.2) is 0 Å². The Kier molecular flexibility index (Phi) is 4.24. The summed E-state index contributed by atoms with van der Waals surface area (Å²) in [5, 5.41) is 12.9. The van der Waals surface area contributed by atoms with Crippen LogP contribution in [0.5, 0.6) is 0 Å². The molecule has 5 heteroatoms. The van der Waals surface area contributed by atoms with E-state index in [2.05, 4.69) is 18.2 Å². The monoisotopic (exact) mass is 359 g/mol. The zero-order valence-corrected chi connectivity index (χ0v) is 15.7. The first-order chi connectivity index (χ1) is 12.4. The number of ether oxygens (including phenoxy) is 1. The number of rotatable bonds is 2. The fourth-order valence-corrected chi connectivity index (χ4v) is 6.78. The summed E-state index contributed by atoms with van der Waals surface area (Å²) in [5.74, 6) is 1.55. The van der Waals surface area contributed by atoms with Crippen LogP contribution in [-0.4, -0.2) is 29.3 Å². The van der Waals surface area contributed by atoms with E-state index in [0.29, 0.717) is 23.5 Å². The molecule has 3 fully saturated rings. The van der Waals surface area contributed by atoms with Gasteiger partial charge in [-0.3, -0.25) is 9.59 Å². The summed E-state index contributed by atoms with van der Waals surface area (Å²) < 4.78 is 5.47. The van der Waals surface area contributed by atoms with Crippen LogP contribution in [-0.2, 0) is 14.3 Å². The molecule has 0 bridgehead atoms. The lowest BCUT2D eigenvalue weighted by Gasteiger charge is -2.56. The number of hydrogen-bond acceptors (Lipinski definition) is 5. The van der Waals surface area contributed by atoms with Gasteiger partial charge >= 0.3 is 5.97 Å². The van der Waals surface area contributed by atoms with Crippen molar-refractivity contribution in [1.82, 2.24) is 0 Å². The van der Waals surface area contributed by atoms with Gasteiger partial charge in [0.05, 0.1) is 6.21 Å². The number of ketones is 1. The fraction of sp³-hybridized carbons (Fsp3) is 0.762. The number of carbonyl (C=O) groups excluding carboxylic acids is 2. The average Bonchev–Trinajstić information content (AvgIpc) is 2.90. The van der Waals surface area contributed by atoms with Crippen LogP contribution in [0.1, 0.15) is 65.2 Å². The third-order valence-corrected chi connectivity index (χ3v) is 7.99. The molecule has 0 radical (unpaired) electrons. The molecule has 0 aromatic heterocycles. The van der Waals surface area contributed by atoms with Crippen LogP contribution < -0.4 is 0 Å². The first-order valence-electron chi connectivity index (χ1n) is 9.99. The van der Waals surface area contributed by atoms with Crippen molar-refractivity contribution in [2.75, 3.05) is 0 Å². The van der Waals surface area contributed by atoms with E-state index >= 15 is 0 Å². The van der Waals surface area contributed by atoms with E-state index in [0.717, 1.165) is 51.4 Å². The number of Topliss-reactive ketones (excluding diaryl/α,β-unsaturated/α-hetero) is 1. The molecule has 26 heavy (non-hydrogen) atoms. The lowest BCUT2D eigenvalue weighted by atomic mass is 9.48. The van der Waals surface area contributed by atoms with Crippen LogP contribution in [0.25, 0.3) is 0 Å². The molecule has 6 atom stereocenters. The van der Waals surface area contributed by atoms with E-state index in [9.17, 15) is 14.8 Å². The van der Waals surface area contributed by atoms with Gasteiger partial charge in [0.1, 0.15) is 11.9 Å². The summed E-state index contributed by atoms with van der Waals surface area (Å²) in [5.41, 5.74) is 0.877. The summed E-state index contributed by atoms with van der Waals surface area (Å²) >= 11 is 0. The second-order valence-electron chi connectivity index (χ2n) is 9.02. The molecule has 4 aliphatic rings. The number of oxime groups is 1. The average molecular weight is 359 g/mol. The summed E-state index contributed by atoms with van der Waals surface area (Å²) in [7, 11) is 0. The maximum Gasteiger partial charge on any atom is 0.302 e. The van der Waals surface area contributed by atoms with Crippen molar-refractivity contribution in [3.05, 3.63) is 11.6 Å². The van der Waals surface area contributed by atoms with E-state index in [4.69, 9.17) is 4.74 Å². The first kappa shape index (κ1) is 17.7. The summed E-state index contributed by atoms with van der Waals surface area (Å²) in [6.45, 7) is 3.63. The van der Waals surface area contributed by atoms with Crippen molar-refractivity contribution in [3.8, 4) is 0 Å². The molecule has 0 unspecified atom stereocenters. The largest absolute Gasteiger partial charge is 0.462 e.